The Labute approximate surface area is 105 Å². The molecule has 18 heavy (non-hydrogen) atoms. The van der Waals surface area contributed by atoms with Crippen molar-refractivity contribution in [2.45, 2.75) is 33.5 Å². The summed E-state index contributed by atoms with van der Waals surface area (Å²) in [5.74, 6) is -0.569. The molecule has 0 saturated heterocycles. The molecule has 0 spiro atoms. The van der Waals surface area contributed by atoms with Gasteiger partial charge >= 0.3 is 5.97 Å². The molecule has 1 aromatic rings. The van der Waals surface area contributed by atoms with Gasteiger partial charge in [0, 0.05) is 25.0 Å². The van der Waals surface area contributed by atoms with Crippen LogP contribution in [0.15, 0.2) is 0 Å². The van der Waals surface area contributed by atoms with Gasteiger partial charge in [0.1, 0.15) is 11.3 Å². The number of hydrogen-bond acceptors (Lipinski definition) is 5. The second kappa shape index (κ2) is 3.80. The lowest BCUT2D eigenvalue weighted by Gasteiger charge is -2.16. The summed E-state index contributed by atoms with van der Waals surface area (Å²) in [6.45, 7) is 6.89. The van der Waals surface area contributed by atoms with Gasteiger partial charge in [-0.3, -0.25) is 0 Å². The third-order valence-electron chi connectivity index (χ3n) is 2.94. The Bertz CT molecular complexity index is 531. The maximum absolute atomic E-state index is 11.7. The molecule has 0 amide bonds. The summed E-state index contributed by atoms with van der Waals surface area (Å²) < 4.78 is 15.9. The molecule has 0 saturated carbocycles. The first kappa shape index (κ1) is 12.5. The minimum absolute atomic E-state index is 0.120. The van der Waals surface area contributed by atoms with Crippen LogP contribution in [0, 0.1) is 13.8 Å². The van der Waals surface area contributed by atoms with Crippen LogP contribution in [0.4, 0.5) is 0 Å². The monoisotopic (exact) mass is 252 g/mol. The van der Waals surface area contributed by atoms with Crippen LogP contribution in [0.25, 0.3) is 0 Å². The average molecular weight is 252 g/mol. The van der Waals surface area contributed by atoms with Crippen molar-refractivity contribution < 1.29 is 24.1 Å². The summed E-state index contributed by atoms with van der Waals surface area (Å²) in [5, 5.41) is 10.1. The molecule has 0 atom stereocenters. The van der Waals surface area contributed by atoms with E-state index >= 15 is 0 Å². The predicted octanol–water partition coefficient (Wildman–Crippen LogP) is 2.30. The number of fused-ring (bicyclic) bond motifs is 1. The van der Waals surface area contributed by atoms with E-state index in [-0.39, 0.29) is 11.3 Å². The van der Waals surface area contributed by atoms with E-state index in [9.17, 15) is 9.90 Å². The van der Waals surface area contributed by atoms with Gasteiger partial charge in [-0.25, -0.2) is 4.79 Å². The average Bonchev–Trinajstić information content (AvgIpc) is 2.62. The van der Waals surface area contributed by atoms with E-state index in [2.05, 4.69) is 4.74 Å². The Morgan fingerprint density at radius 1 is 1.17 bits per heavy atom. The molecular formula is C13H16O5. The first-order valence-corrected chi connectivity index (χ1v) is 5.61. The molecule has 1 aliphatic rings. The van der Waals surface area contributed by atoms with Gasteiger partial charge in [0.2, 0.25) is 5.79 Å². The maximum Gasteiger partial charge on any atom is 0.342 e. The second-order valence-electron chi connectivity index (χ2n) is 4.73. The summed E-state index contributed by atoms with van der Waals surface area (Å²) in [6, 6.07) is 0. The second-order valence-corrected chi connectivity index (χ2v) is 4.73. The van der Waals surface area contributed by atoms with Crippen LogP contribution in [0.2, 0.25) is 0 Å². The lowest BCUT2D eigenvalue weighted by Crippen LogP contribution is -2.30. The Morgan fingerprint density at radius 3 is 2.17 bits per heavy atom. The van der Waals surface area contributed by atoms with Crippen LogP contribution in [-0.2, 0) is 4.74 Å². The smallest absolute Gasteiger partial charge is 0.342 e. The number of esters is 1. The van der Waals surface area contributed by atoms with Crippen molar-refractivity contribution in [3.05, 3.63) is 16.7 Å². The number of ether oxygens (including phenoxy) is 3. The fourth-order valence-corrected chi connectivity index (χ4v) is 2.04. The van der Waals surface area contributed by atoms with E-state index in [0.717, 1.165) is 0 Å². The maximum atomic E-state index is 11.7. The number of aromatic hydroxyl groups is 1. The molecule has 2 rings (SSSR count). The number of methoxy groups -OCH3 is 1. The number of carbonyl (C=O) groups is 1. The highest BCUT2D eigenvalue weighted by Gasteiger charge is 2.38. The fourth-order valence-electron chi connectivity index (χ4n) is 2.04. The zero-order valence-electron chi connectivity index (χ0n) is 11.1. The van der Waals surface area contributed by atoms with Crippen LogP contribution in [0.3, 0.4) is 0 Å². The summed E-state index contributed by atoms with van der Waals surface area (Å²) in [7, 11) is 1.27. The molecule has 0 aliphatic carbocycles. The lowest BCUT2D eigenvalue weighted by atomic mass is 10.0. The Balaban J connectivity index is 2.70. The fraction of sp³-hybridized carbons (Fsp3) is 0.462. The molecular weight excluding hydrogens is 236 g/mol. The molecule has 1 aromatic carbocycles. The van der Waals surface area contributed by atoms with Gasteiger partial charge in [0.15, 0.2) is 11.5 Å². The van der Waals surface area contributed by atoms with Crippen LogP contribution >= 0.6 is 0 Å². The summed E-state index contributed by atoms with van der Waals surface area (Å²) in [4.78, 5) is 11.7. The van der Waals surface area contributed by atoms with Crippen LogP contribution < -0.4 is 9.47 Å². The number of rotatable bonds is 1. The van der Waals surface area contributed by atoms with Crippen LogP contribution in [-0.4, -0.2) is 24.0 Å². The van der Waals surface area contributed by atoms with E-state index in [0.29, 0.717) is 22.6 Å². The summed E-state index contributed by atoms with van der Waals surface area (Å²) >= 11 is 0. The zero-order chi connectivity index (χ0) is 13.7. The van der Waals surface area contributed by atoms with Crippen molar-refractivity contribution in [3.8, 4) is 17.2 Å². The normalized spacial score (nSPS) is 15.6. The summed E-state index contributed by atoms with van der Waals surface area (Å²) in [6.07, 6.45) is 0. The molecule has 0 bridgehead atoms. The number of hydrogen-bond donors (Lipinski definition) is 1. The molecule has 1 N–H and O–H groups in total. The zero-order valence-corrected chi connectivity index (χ0v) is 11.1. The number of benzene rings is 1. The topological polar surface area (TPSA) is 65.0 Å². The largest absolute Gasteiger partial charge is 0.507 e. The van der Waals surface area contributed by atoms with Crippen molar-refractivity contribution in [1.82, 2.24) is 0 Å². The van der Waals surface area contributed by atoms with Gasteiger partial charge in [-0.2, -0.15) is 0 Å². The number of phenolic OH excluding ortho intramolecular Hbond substituents is 1. The SMILES string of the molecule is COC(=O)c1c(C)c2c(c(C)c1O)OC(C)(C)O2. The van der Waals surface area contributed by atoms with Crippen molar-refractivity contribution in [2.75, 3.05) is 7.11 Å². The van der Waals surface area contributed by atoms with Crippen molar-refractivity contribution in [2.24, 2.45) is 0 Å². The molecule has 0 fully saturated rings. The molecule has 98 valence electrons. The summed E-state index contributed by atoms with van der Waals surface area (Å²) in [5.41, 5.74) is 1.11. The highest BCUT2D eigenvalue weighted by Crippen LogP contribution is 2.49. The van der Waals surface area contributed by atoms with Gasteiger partial charge in [0.05, 0.1) is 7.11 Å². The highest BCUT2D eigenvalue weighted by molar-refractivity contribution is 5.96. The van der Waals surface area contributed by atoms with Gasteiger partial charge in [-0.1, -0.05) is 0 Å². The van der Waals surface area contributed by atoms with Crippen LogP contribution in [0.1, 0.15) is 35.3 Å². The quantitative estimate of drug-likeness (QED) is 0.777. The molecule has 0 unspecified atom stereocenters. The standard InChI is InChI=1S/C13H16O5/c1-6-8(12(15)16-5)9(14)7(2)11-10(6)17-13(3,4)18-11/h14H,1-5H3. The molecule has 0 radical (unpaired) electrons. The van der Waals surface area contributed by atoms with Crippen LogP contribution in [0.5, 0.6) is 17.2 Å². The lowest BCUT2D eigenvalue weighted by molar-refractivity contribution is -0.0437. The van der Waals surface area contributed by atoms with E-state index in [1.54, 1.807) is 27.7 Å². The van der Waals surface area contributed by atoms with Gasteiger partial charge in [-0.15, -0.1) is 0 Å². The van der Waals surface area contributed by atoms with Gasteiger partial charge in [-0.05, 0) is 13.8 Å². The predicted molar refractivity (Wildman–Crippen MR) is 64.3 cm³/mol. The molecule has 5 heteroatoms. The Kier molecular flexibility index (Phi) is 2.65. The Morgan fingerprint density at radius 2 is 1.67 bits per heavy atom. The minimum atomic E-state index is -0.807. The van der Waals surface area contributed by atoms with E-state index < -0.39 is 11.8 Å². The minimum Gasteiger partial charge on any atom is -0.507 e. The first-order chi connectivity index (χ1) is 8.28. The van der Waals surface area contributed by atoms with Crippen molar-refractivity contribution in [3.63, 3.8) is 0 Å². The third-order valence-corrected chi connectivity index (χ3v) is 2.94. The van der Waals surface area contributed by atoms with Crippen molar-refractivity contribution >= 4 is 5.97 Å². The van der Waals surface area contributed by atoms with E-state index in [4.69, 9.17) is 9.47 Å². The third kappa shape index (κ3) is 1.66. The van der Waals surface area contributed by atoms with E-state index in [1.165, 1.54) is 7.11 Å². The molecule has 1 aliphatic heterocycles. The number of carbonyl (C=O) groups excluding carboxylic acids is 1. The van der Waals surface area contributed by atoms with Crippen molar-refractivity contribution in [1.29, 1.82) is 0 Å². The first-order valence-electron chi connectivity index (χ1n) is 5.61. The Hall–Kier alpha value is -1.91. The van der Waals surface area contributed by atoms with E-state index in [1.807, 2.05) is 0 Å². The van der Waals surface area contributed by atoms with Gasteiger partial charge < -0.3 is 19.3 Å². The van der Waals surface area contributed by atoms with Gasteiger partial charge in [0.25, 0.3) is 0 Å². The molecule has 5 nitrogen and oxygen atoms in total. The number of phenols is 1. The molecule has 1 heterocycles. The highest BCUT2D eigenvalue weighted by atomic mass is 16.7. The molecule has 0 aromatic heterocycles.